The number of pyridine rings is 1. The fourth-order valence-electron chi connectivity index (χ4n) is 2.62. The fourth-order valence-corrected chi connectivity index (χ4v) is 2.62. The van der Waals surface area contributed by atoms with Crippen LogP contribution in [0.3, 0.4) is 0 Å². The average Bonchev–Trinajstić information content (AvgIpc) is 2.50. The number of carboxylic acid groups (broad SMARTS) is 1. The van der Waals surface area contributed by atoms with Crippen molar-refractivity contribution in [2.45, 2.75) is 51.5 Å². The first-order valence-electron chi connectivity index (χ1n) is 7.89. The van der Waals surface area contributed by atoms with E-state index in [2.05, 4.69) is 27.8 Å². The van der Waals surface area contributed by atoms with Gasteiger partial charge < -0.3 is 15.7 Å². The minimum atomic E-state index is -0.764. The Morgan fingerprint density at radius 1 is 1.48 bits per heavy atom. The van der Waals surface area contributed by atoms with E-state index in [1.54, 1.807) is 0 Å². The molecule has 0 bridgehead atoms. The van der Waals surface area contributed by atoms with E-state index in [1.165, 1.54) is 12.0 Å². The van der Waals surface area contributed by atoms with E-state index in [0.717, 1.165) is 50.3 Å². The molecule has 21 heavy (non-hydrogen) atoms. The van der Waals surface area contributed by atoms with Crippen LogP contribution in [0.4, 0.5) is 5.82 Å². The molecule has 0 radical (unpaired) electrons. The van der Waals surface area contributed by atoms with Crippen molar-refractivity contribution < 1.29 is 9.90 Å². The summed E-state index contributed by atoms with van der Waals surface area (Å²) in [6.07, 6.45) is 5.85. The Balaban J connectivity index is 1.70. The first kappa shape index (κ1) is 15.8. The molecule has 1 aromatic rings. The number of aliphatic carboxylic acids is 1. The molecule has 0 saturated heterocycles. The van der Waals surface area contributed by atoms with Gasteiger partial charge in [-0.2, -0.15) is 0 Å². The predicted molar refractivity (Wildman–Crippen MR) is 83.7 cm³/mol. The highest BCUT2D eigenvalue weighted by Crippen LogP contribution is 2.20. The maximum Gasteiger partial charge on any atom is 0.320 e. The molecule has 1 aromatic heterocycles. The summed E-state index contributed by atoms with van der Waals surface area (Å²) in [5.41, 5.74) is 2.44. The van der Waals surface area contributed by atoms with Crippen LogP contribution in [0, 0.1) is 0 Å². The maximum atomic E-state index is 10.9. The lowest BCUT2D eigenvalue weighted by Crippen LogP contribution is -2.36. The van der Waals surface area contributed by atoms with Gasteiger partial charge in [0, 0.05) is 12.2 Å². The zero-order valence-electron chi connectivity index (χ0n) is 12.7. The lowest BCUT2D eigenvalue weighted by Gasteiger charge is -2.17. The summed E-state index contributed by atoms with van der Waals surface area (Å²) in [7, 11) is 0. The van der Waals surface area contributed by atoms with Gasteiger partial charge in [0.05, 0.1) is 0 Å². The monoisotopic (exact) mass is 291 g/mol. The van der Waals surface area contributed by atoms with Crippen molar-refractivity contribution in [1.29, 1.82) is 0 Å². The maximum absolute atomic E-state index is 10.9. The number of hydrogen-bond donors (Lipinski definition) is 3. The van der Waals surface area contributed by atoms with Crippen molar-refractivity contribution in [3.8, 4) is 0 Å². The third-order valence-corrected chi connectivity index (χ3v) is 3.91. The second kappa shape index (κ2) is 7.98. The van der Waals surface area contributed by atoms with E-state index < -0.39 is 12.0 Å². The zero-order chi connectivity index (χ0) is 15.1. The van der Waals surface area contributed by atoms with Crippen LogP contribution >= 0.6 is 0 Å². The molecule has 1 unspecified atom stereocenters. The Hall–Kier alpha value is -1.62. The minimum Gasteiger partial charge on any atom is -0.480 e. The number of carbonyl (C=O) groups is 1. The quantitative estimate of drug-likeness (QED) is 0.640. The molecule has 1 aliphatic heterocycles. The molecule has 1 atom stereocenters. The number of aromatic nitrogens is 1. The SMILES string of the molecule is CCC(NCCCCc1ccc2c(n1)NCCC2)C(=O)O. The molecule has 0 fully saturated rings. The van der Waals surface area contributed by atoms with Crippen molar-refractivity contribution in [2.24, 2.45) is 0 Å². The van der Waals surface area contributed by atoms with Crippen molar-refractivity contribution in [1.82, 2.24) is 10.3 Å². The summed E-state index contributed by atoms with van der Waals surface area (Å²) >= 11 is 0. The number of nitrogens with zero attached hydrogens (tertiary/aromatic N) is 1. The Labute approximate surface area is 126 Å². The molecule has 0 amide bonds. The molecule has 1 aliphatic rings. The molecule has 2 rings (SSSR count). The van der Waals surface area contributed by atoms with Crippen molar-refractivity contribution >= 4 is 11.8 Å². The molecule has 0 spiro atoms. The summed E-state index contributed by atoms with van der Waals surface area (Å²) in [5, 5.41) is 15.4. The lowest BCUT2D eigenvalue weighted by atomic mass is 10.1. The van der Waals surface area contributed by atoms with Crippen LogP contribution in [0.5, 0.6) is 0 Å². The second-order valence-electron chi connectivity index (χ2n) is 5.55. The predicted octanol–water partition coefficient (Wildman–Crippen LogP) is 2.22. The molecular formula is C16H25N3O2. The number of rotatable bonds is 8. The molecular weight excluding hydrogens is 266 g/mol. The zero-order valence-corrected chi connectivity index (χ0v) is 12.7. The minimum absolute atomic E-state index is 0.420. The van der Waals surface area contributed by atoms with Gasteiger partial charge in [-0.25, -0.2) is 4.98 Å². The third kappa shape index (κ3) is 4.70. The third-order valence-electron chi connectivity index (χ3n) is 3.91. The first-order valence-corrected chi connectivity index (χ1v) is 7.89. The second-order valence-corrected chi connectivity index (χ2v) is 5.55. The number of carboxylic acids is 1. The number of fused-ring (bicyclic) bond motifs is 1. The smallest absolute Gasteiger partial charge is 0.320 e. The van der Waals surface area contributed by atoms with Crippen molar-refractivity contribution in [2.75, 3.05) is 18.4 Å². The largest absolute Gasteiger partial charge is 0.480 e. The topological polar surface area (TPSA) is 74.2 Å². The van der Waals surface area contributed by atoms with Crippen LogP contribution in [-0.2, 0) is 17.6 Å². The van der Waals surface area contributed by atoms with Gasteiger partial charge in [-0.1, -0.05) is 13.0 Å². The number of anilines is 1. The van der Waals surface area contributed by atoms with Crippen LogP contribution in [0.2, 0.25) is 0 Å². The van der Waals surface area contributed by atoms with E-state index in [0.29, 0.717) is 6.42 Å². The molecule has 5 nitrogen and oxygen atoms in total. The summed E-state index contributed by atoms with van der Waals surface area (Å²) in [6, 6.07) is 3.88. The van der Waals surface area contributed by atoms with Crippen LogP contribution in [0.1, 0.15) is 43.9 Å². The Kier molecular flexibility index (Phi) is 5.99. The summed E-state index contributed by atoms with van der Waals surface area (Å²) < 4.78 is 0. The van der Waals surface area contributed by atoms with Gasteiger partial charge in [-0.05, 0) is 56.7 Å². The van der Waals surface area contributed by atoms with E-state index in [4.69, 9.17) is 5.11 Å². The van der Waals surface area contributed by atoms with Gasteiger partial charge >= 0.3 is 5.97 Å². The number of aryl methyl sites for hydroxylation is 2. The highest BCUT2D eigenvalue weighted by atomic mass is 16.4. The molecule has 116 valence electrons. The number of hydrogen-bond acceptors (Lipinski definition) is 4. The first-order chi connectivity index (χ1) is 10.2. The van der Waals surface area contributed by atoms with Crippen LogP contribution in [0.25, 0.3) is 0 Å². The molecule has 0 aromatic carbocycles. The van der Waals surface area contributed by atoms with Gasteiger partial charge in [-0.15, -0.1) is 0 Å². The Morgan fingerprint density at radius 2 is 2.33 bits per heavy atom. The normalized spacial score (nSPS) is 15.1. The Morgan fingerprint density at radius 3 is 3.10 bits per heavy atom. The molecule has 0 saturated carbocycles. The molecule has 0 aliphatic carbocycles. The fraction of sp³-hybridized carbons (Fsp3) is 0.625. The van der Waals surface area contributed by atoms with Crippen LogP contribution < -0.4 is 10.6 Å². The summed E-state index contributed by atoms with van der Waals surface area (Å²) in [6.45, 7) is 3.64. The van der Waals surface area contributed by atoms with E-state index in [1.807, 2.05) is 6.92 Å². The van der Waals surface area contributed by atoms with Gasteiger partial charge in [-0.3, -0.25) is 4.79 Å². The average molecular weight is 291 g/mol. The highest BCUT2D eigenvalue weighted by Gasteiger charge is 2.13. The Bertz CT molecular complexity index is 477. The van der Waals surface area contributed by atoms with Gasteiger partial charge in [0.2, 0.25) is 0 Å². The van der Waals surface area contributed by atoms with Gasteiger partial charge in [0.25, 0.3) is 0 Å². The molecule has 5 heteroatoms. The summed E-state index contributed by atoms with van der Waals surface area (Å²) in [4.78, 5) is 15.5. The summed E-state index contributed by atoms with van der Waals surface area (Å²) in [5.74, 6) is 0.286. The van der Waals surface area contributed by atoms with Gasteiger partial charge in [0.15, 0.2) is 0 Å². The van der Waals surface area contributed by atoms with Gasteiger partial charge in [0.1, 0.15) is 11.9 Å². The molecule has 3 N–H and O–H groups in total. The van der Waals surface area contributed by atoms with Crippen LogP contribution in [0.15, 0.2) is 12.1 Å². The van der Waals surface area contributed by atoms with Crippen LogP contribution in [-0.4, -0.2) is 35.2 Å². The van der Waals surface area contributed by atoms with Crippen molar-refractivity contribution in [3.63, 3.8) is 0 Å². The van der Waals surface area contributed by atoms with E-state index in [-0.39, 0.29) is 0 Å². The van der Waals surface area contributed by atoms with Crippen molar-refractivity contribution in [3.05, 3.63) is 23.4 Å². The van der Waals surface area contributed by atoms with E-state index in [9.17, 15) is 4.79 Å². The number of nitrogens with one attached hydrogen (secondary N) is 2. The van der Waals surface area contributed by atoms with E-state index >= 15 is 0 Å². The number of unbranched alkanes of at least 4 members (excludes halogenated alkanes) is 1. The highest BCUT2D eigenvalue weighted by molar-refractivity contribution is 5.73. The molecule has 2 heterocycles. The lowest BCUT2D eigenvalue weighted by molar-refractivity contribution is -0.139. The standard InChI is InChI=1S/C16H25N3O2/c1-2-14(16(20)21)17-10-4-3-7-13-9-8-12-6-5-11-18-15(12)19-13/h8-9,14,17H,2-7,10-11H2,1H3,(H,18,19)(H,20,21).